The Morgan fingerprint density at radius 3 is 2.76 bits per heavy atom. The van der Waals surface area contributed by atoms with Crippen LogP contribution in [0.3, 0.4) is 0 Å². The second kappa shape index (κ2) is 5.05. The Hall–Kier alpha value is -1.75. The van der Waals surface area contributed by atoms with Crippen LogP contribution >= 0.6 is 0 Å². The van der Waals surface area contributed by atoms with E-state index in [1.54, 1.807) is 12.0 Å². The Morgan fingerprint density at radius 1 is 1.47 bits per heavy atom. The minimum atomic E-state index is -0.320. The molecule has 5 nitrogen and oxygen atoms in total. The van der Waals surface area contributed by atoms with E-state index in [9.17, 15) is 4.79 Å². The van der Waals surface area contributed by atoms with E-state index in [1.807, 2.05) is 24.3 Å². The van der Waals surface area contributed by atoms with Crippen LogP contribution in [0.1, 0.15) is 0 Å². The molecule has 1 aromatic carbocycles. The first-order valence-corrected chi connectivity index (χ1v) is 5.53. The molecule has 2 N–H and O–H groups in total. The van der Waals surface area contributed by atoms with E-state index in [1.165, 1.54) is 0 Å². The molecular weight excluding hydrogens is 220 g/mol. The lowest BCUT2D eigenvalue weighted by molar-refractivity contribution is 0.117. The summed E-state index contributed by atoms with van der Waals surface area (Å²) in [5.74, 6) is 0.948. The lowest BCUT2D eigenvalue weighted by Crippen LogP contribution is -2.45. The quantitative estimate of drug-likeness (QED) is 0.857. The van der Waals surface area contributed by atoms with Gasteiger partial charge in [0.2, 0.25) is 0 Å². The van der Waals surface area contributed by atoms with Crippen molar-refractivity contribution in [3.63, 3.8) is 0 Å². The van der Waals surface area contributed by atoms with Crippen molar-refractivity contribution < 1.29 is 14.3 Å². The van der Waals surface area contributed by atoms with Crippen LogP contribution in [0.25, 0.3) is 0 Å². The van der Waals surface area contributed by atoms with Crippen molar-refractivity contribution in [3.8, 4) is 5.75 Å². The Balaban J connectivity index is 2.15. The second-order valence-electron chi connectivity index (χ2n) is 3.99. The van der Waals surface area contributed by atoms with Gasteiger partial charge in [-0.05, 0) is 24.3 Å². The molecule has 2 rings (SSSR count). The average molecular weight is 236 g/mol. The summed E-state index contributed by atoms with van der Waals surface area (Å²) in [6, 6.07) is 7.29. The van der Waals surface area contributed by atoms with Crippen LogP contribution in [0.4, 0.5) is 10.5 Å². The van der Waals surface area contributed by atoms with Gasteiger partial charge in [0.1, 0.15) is 5.75 Å². The highest BCUT2D eigenvalue weighted by Gasteiger charge is 2.27. The van der Waals surface area contributed by atoms with Gasteiger partial charge in [0, 0.05) is 24.7 Å². The topological polar surface area (TPSA) is 64.8 Å². The number of carbonyl (C=O) groups excluding carboxylic acids is 1. The van der Waals surface area contributed by atoms with Gasteiger partial charge in [-0.25, -0.2) is 4.79 Å². The molecule has 1 aromatic rings. The molecule has 0 radical (unpaired) electrons. The summed E-state index contributed by atoms with van der Waals surface area (Å²) in [4.78, 5) is 13.2. The molecule has 1 atom stereocenters. The lowest BCUT2D eigenvalue weighted by Gasteiger charge is -2.31. The van der Waals surface area contributed by atoms with Gasteiger partial charge in [0.15, 0.2) is 0 Å². The van der Waals surface area contributed by atoms with Gasteiger partial charge in [0.05, 0.1) is 13.7 Å². The van der Waals surface area contributed by atoms with Gasteiger partial charge in [-0.15, -0.1) is 0 Å². The zero-order valence-corrected chi connectivity index (χ0v) is 9.76. The van der Waals surface area contributed by atoms with Gasteiger partial charge in [0.25, 0.3) is 0 Å². The first-order chi connectivity index (χ1) is 8.24. The van der Waals surface area contributed by atoms with Crippen LogP contribution in [0, 0.1) is 5.92 Å². The minimum absolute atomic E-state index is 0.190. The van der Waals surface area contributed by atoms with Crippen molar-refractivity contribution in [1.82, 2.24) is 0 Å². The van der Waals surface area contributed by atoms with E-state index in [4.69, 9.17) is 15.2 Å². The maximum Gasteiger partial charge on any atom is 0.414 e. The Morgan fingerprint density at radius 2 is 2.18 bits per heavy atom. The van der Waals surface area contributed by atoms with Crippen LogP contribution in [0.2, 0.25) is 0 Å². The number of carbonyl (C=O) groups is 1. The van der Waals surface area contributed by atoms with Crippen LogP contribution in [-0.4, -0.2) is 32.9 Å². The molecule has 1 fully saturated rings. The summed E-state index contributed by atoms with van der Waals surface area (Å²) in [5, 5.41) is 0. The molecule has 92 valence electrons. The third-order valence-electron chi connectivity index (χ3n) is 2.82. The first-order valence-electron chi connectivity index (χ1n) is 5.53. The normalized spacial score (nSPS) is 20.0. The number of nitrogens with zero attached hydrogens (tertiary/aromatic N) is 1. The summed E-state index contributed by atoms with van der Waals surface area (Å²) in [7, 11) is 1.61. The van der Waals surface area contributed by atoms with Crippen LogP contribution in [0.15, 0.2) is 24.3 Å². The van der Waals surface area contributed by atoms with E-state index in [0.29, 0.717) is 19.7 Å². The molecule has 0 aliphatic carbocycles. The predicted molar refractivity (Wildman–Crippen MR) is 64.2 cm³/mol. The highest BCUT2D eigenvalue weighted by atomic mass is 16.6. The van der Waals surface area contributed by atoms with E-state index < -0.39 is 0 Å². The maximum absolute atomic E-state index is 11.6. The molecule has 0 saturated carbocycles. The van der Waals surface area contributed by atoms with Gasteiger partial charge >= 0.3 is 6.09 Å². The number of nitrogens with two attached hydrogens (primary N) is 1. The SMILES string of the molecule is COc1ccc(N2CC(CN)COC2=O)cc1. The minimum Gasteiger partial charge on any atom is -0.497 e. The number of benzene rings is 1. The second-order valence-corrected chi connectivity index (χ2v) is 3.99. The molecule has 0 spiro atoms. The number of cyclic esters (lactones) is 1. The molecule has 1 aliphatic rings. The molecule has 1 heterocycles. The number of ether oxygens (including phenoxy) is 2. The summed E-state index contributed by atoms with van der Waals surface area (Å²) >= 11 is 0. The molecular formula is C12H16N2O3. The molecule has 1 unspecified atom stereocenters. The van der Waals surface area contributed by atoms with Crippen molar-refractivity contribution >= 4 is 11.8 Å². The van der Waals surface area contributed by atoms with Gasteiger partial charge in [-0.3, -0.25) is 4.90 Å². The molecule has 1 saturated heterocycles. The molecule has 5 heteroatoms. The first kappa shape index (κ1) is 11.7. The van der Waals surface area contributed by atoms with Crippen LogP contribution in [0.5, 0.6) is 5.75 Å². The standard InChI is InChI=1S/C12H16N2O3/c1-16-11-4-2-10(3-5-11)14-7-9(6-13)8-17-12(14)15/h2-5,9H,6-8,13H2,1H3. The summed E-state index contributed by atoms with van der Waals surface area (Å²) in [6.07, 6.45) is -0.320. The highest BCUT2D eigenvalue weighted by Crippen LogP contribution is 2.23. The predicted octanol–water partition coefficient (Wildman–Crippen LogP) is 1.23. The van der Waals surface area contributed by atoms with Crippen molar-refractivity contribution in [2.45, 2.75) is 0 Å². The lowest BCUT2D eigenvalue weighted by atomic mass is 10.1. The van der Waals surface area contributed by atoms with E-state index in [-0.39, 0.29) is 12.0 Å². The third kappa shape index (κ3) is 2.50. The molecule has 1 amide bonds. The third-order valence-corrected chi connectivity index (χ3v) is 2.82. The zero-order chi connectivity index (χ0) is 12.3. The largest absolute Gasteiger partial charge is 0.497 e. The van der Waals surface area contributed by atoms with Crippen molar-refractivity contribution in [1.29, 1.82) is 0 Å². The van der Waals surface area contributed by atoms with Gasteiger partial charge in [-0.1, -0.05) is 0 Å². The number of anilines is 1. The van der Waals surface area contributed by atoms with E-state index >= 15 is 0 Å². The Labute approximate surface area is 100 Å². The molecule has 0 aromatic heterocycles. The van der Waals surface area contributed by atoms with E-state index in [0.717, 1.165) is 11.4 Å². The summed E-state index contributed by atoms with van der Waals surface area (Å²) in [6.45, 7) is 1.52. The fraction of sp³-hybridized carbons (Fsp3) is 0.417. The fourth-order valence-corrected chi connectivity index (χ4v) is 1.77. The van der Waals surface area contributed by atoms with Crippen molar-refractivity contribution in [2.24, 2.45) is 11.7 Å². The number of amides is 1. The van der Waals surface area contributed by atoms with Crippen LogP contribution in [-0.2, 0) is 4.74 Å². The Kier molecular flexibility index (Phi) is 3.49. The number of rotatable bonds is 3. The van der Waals surface area contributed by atoms with Crippen molar-refractivity contribution in [2.75, 3.05) is 31.7 Å². The van der Waals surface area contributed by atoms with Crippen LogP contribution < -0.4 is 15.4 Å². The smallest absolute Gasteiger partial charge is 0.414 e. The summed E-state index contributed by atoms with van der Waals surface area (Å²) in [5.41, 5.74) is 6.40. The van der Waals surface area contributed by atoms with Crippen molar-refractivity contribution in [3.05, 3.63) is 24.3 Å². The number of methoxy groups -OCH3 is 1. The number of hydrogen-bond acceptors (Lipinski definition) is 4. The zero-order valence-electron chi connectivity index (χ0n) is 9.76. The molecule has 0 bridgehead atoms. The highest BCUT2D eigenvalue weighted by molar-refractivity contribution is 5.88. The van der Waals surface area contributed by atoms with Gasteiger partial charge in [-0.2, -0.15) is 0 Å². The monoisotopic (exact) mass is 236 g/mol. The molecule has 17 heavy (non-hydrogen) atoms. The maximum atomic E-state index is 11.6. The Bertz CT molecular complexity index is 391. The number of hydrogen-bond donors (Lipinski definition) is 1. The van der Waals surface area contributed by atoms with Gasteiger partial charge < -0.3 is 15.2 Å². The van der Waals surface area contributed by atoms with E-state index in [2.05, 4.69) is 0 Å². The molecule has 1 aliphatic heterocycles. The fourth-order valence-electron chi connectivity index (χ4n) is 1.77. The average Bonchev–Trinajstić information content (AvgIpc) is 2.39. The summed E-state index contributed by atoms with van der Waals surface area (Å²) < 4.78 is 10.2.